The van der Waals surface area contributed by atoms with E-state index < -0.39 is 5.60 Å². The van der Waals surface area contributed by atoms with Crippen molar-refractivity contribution < 1.29 is 9.53 Å². The molecular formula is C13H24N4O2. The molecule has 0 N–H and O–H groups in total. The summed E-state index contributed by atoms with van der Waals surface area (Å²) in [5.41, 5.74) is -0.427. The largest absolute Gasteiger partial charge is 0.444 e. The van der Waals surface area contributed by atoms with Crippen molar-refractivity contribution in [3.8, 4) is 0 Å². The number of hydrogen-bond acceptors (Lipinski definition) is 5. The number of carbonyl (C=O) groups excluding carboxylic acids is 1. The maximum Gasteiger partial charge on any atom is 0.410 e. The van der Waals surface area contributed by atoms with E-state index in [0.717, 1.165) is 32.1 Å². The van der Waals surface area contributed by atoms with Gasteiger partial charge < -0.3 is 19.4 Å². The van der Waals surface area contributed by atoms with Gasteiger partial charge in [0.15, 0.2) is 5.96 Å². The molecule has 1 amide bonds. The predicted molar refractivity (Wildman–Crippen MR) is 74.3 cm³/mol. The molecule has 6 heteroatoms. The number of ether oxygens (including phenoxy) is 1. The van der Waals surface area contributed by atoms with Crippen molar-refractivity contribution in [1.82, 2.24) is 14.7 Å². The van der Waals surface area contributed by atoms with Crippen LogP contribution in [0.3, 0.4) is 0 Å². The fraction of sp³-hybridized carbons (Fsp3) is 0.846. The topological polar surface area (TPSA) is 48.4 Å². The van der Waals surface area contributed by atoms with Crippen LogP contribution in [0.15, 0.2) is 4.99 Å². The van der Waals surface area contributed by atoms with Gasteiger partial charge in [0.05, 0.1) is 6.54 Å². The maximum absolute atomic E-state index is 12.0. The van der Waals surface area contributed by atoms with Gasteiger partial charge in [-0.15, -0.1) is 0 Å². The summed E-state index contributed by atoms with van der Waals surface area (Å²) in [6, 6.07) is 0. The molecule has 6 nitrogen and oxygen atoms in total. The molecule has 0 aromatic rings. The van der Waals surface area contributed by atoms with Crippen molar-refractivity contribution in [2.45, 2.75) is 26.4 Å². The van der Waals surface area contributed by atoms with Crippen LogP contribution in [0.25, 0.3) is 0 Å². The zero-order chi connectivity index (χ0) is 14.0. The molecule has 2 aliphatic rings. The number of hydrogen-bond donors (Lipinski definition) is 0. The lowest BCUT2D eigenvalue weighted by Gasteiger charge is -2.37. The van der Waals surface area contributed by atoms with Crippen LogP contribution in [-0.2, 0) is 4.74 Å². The highest BCUT2D eigenvalue weighted by Gasteiger charge is 2.28. The third kappa shape index (κ3) is 3.52. The first-order chi connectivity index (χ1) is 8.87. The van der Waals surface area contributed by atoms with Crippen LogP contribution in [0, 0.1) is 0 Å². The van der Waals surface area contributed by atoms with Crippen molar-refractivity contribution in [2.75, 3.05) is 46.3 Å². The Balaban J connectivity index is 1.84. The number of piperazine rings is 1. The van der Waals surface area contributed by atoms with Crippen molar-refractivity contribution in [3.05, 3.63) is 0 Å². The smallest absolute Gasteiger partial charge is 0.410 e. The molecule has 2 heterocycles. The van der Waals surface area contributed by atoms with E-state index in [1.54, 1.807) is 4.90 Å². The summed E-state index contributed by atoms with van der Waals surface area (Å²) in [6.07, 6.45) is -0.214. The number of aliphatic imine (C=N–C) groups is 1. The van der Waals surface area contributed by atoms with Crippen molar-refractivity contribution >= 4 is 12.1 Å². The van der Waals surface area contributed by atoms with E-state index in [0.29, 0.717) is 13.1 Å². The molecule has 2 rings (SSSR count). The SMILES string of the molecule is CN1CCN=C1N1CCN(C(=O)OC(C)(C)C)CC1. The second-order valence-electron chi connectivity index (χ2n) is 6.06. The summed E-state index contributed by atoms with van der Waals surface area (Å²) in [4.78, 5) is 22.6. The first kappa shape index (κ1) is 14.0. The zero-order valence-electron chi connectivity index (χ0n) is 12.3. The number of amides is 1. The Labute approximate surface area is 115 Å². The van der Waals surface area contributed by atoms with Gasteiger partial charge in [0.1, 0.15) is 5.60 Å². The Hall–Kier alpha value is -1.46. The molecule has 0 radical (unpaired) electrons. The van der Waals surface area contributed by atoms with E-state index in [4.69, 9.17) is 4.74 Å². The highest BCUT2D eigenvalue weighted by Crippen LogP contribution is 2.13. The number of carbonyl (C=O) groups is 1. The molecule has 19 heavy (non-hydrogen) atoms. The summed E-state index contributed by atoms with van der Waals surface area (Å²) < 4.78 is 5.39. The molecule has 0 atom stereocenters. The van der Waals surface area contributed by atoms with Gasteiger partial charge in [0.2, 0.25) is 0 Å². The quantitative estimate of drug-likeness (QED) is 0.653. The molecule has 1 saturated heterocycles. The molecule has 0 aromatic carbocycles. The number of guanidine groups is 1. The van der Waals surface area contributed by atoms with Crippen LogP contribution >= 0.6 is 0 Å². The zero-order valence-corrected chi connectivity index (χ0v) is 12.3. The van der Waals surface area contributed by atoms with Gasteiger partial charge in [-0.1, -0.05) is 0 Å². The van der Waals surface area contributed by atoms with Crippen LogP contribution in [0.4, 0.5) is 4.79 Å². The van der Waals surface area contributed by atoms with Gasteiger partial charge in [0, 0.05) is 39.8 Å². The molecule has 0 aromatic heterocycles. The highest BCUT2D eigenvalue weighted by molar-refractivity contribution is 5.81. The fourth-order valence-electron chi connectivity index (χ4n) is 2.28. The van der Waals surface area contributed by atoms with Crippen molar-refractivity contribution in [2.24, 2.45) is 4.99 Å². The molecule has 108 valence electrons. The van der Waals surface area contributed by atoms with Gasteiger partial charge in [-0.3, -0.25) is 4.99 Å². The Bertz CT molecular complexity index is 367. The summed E-state index contributed by atoms with van der Waals surface area (Å²) in [7, 11) is 2.06. The van der Waals surface area contributed by atoms with Crippen LogP contribution < -0.4 is 0 Å². The maximum atomic E-state index is 12.0. The second kappa shape index (κ2) is 5.27. The van der Waals surface area contributed by atoms with E-state index in [-0.39, 0.29) is 6.09 Å². The molecule has 0 saturated carbocycles. The Morgan fingerprint density at radius 1 is 1.16 bits per heavy atom. The van der Waals surface area contributed by atoms with E-state index >= 15 is 0 Å². The normalized spacial score (nSPS) is 20.6. The minimum atomic E-state index is -0.427. The average molecular weight is 268 g/mol. The van der Waals surface area contributed by atoms with E-state index in [9.17, 15) is 4.79 Å². The molecule has 0 spiro atoms. The molecule has 1 fully saturated rings. The molecular weight excluding hydrogens is 244 g/mol. The van der Waals surface area contributed by atoms with Crippen LogP contribution in [0.2, 0.25) is 0 Å². The summed E-state index contributed by atoms with van der Waals surface area (Å²) in [5.74, 6) is 1.06. The third-order valence-corrected chi connectivity index (χ3v) is 3.24. The van der Waals surface area contributed by atoms with Gasteiger partial charge in [0.25, 0.3) is 0 Å². The van der Waals surface area contributed by atoms with Gasteiger partial charge >= 0.3 is 6.09 Å². The Morgan fingerprint density at radius 3 is 2.26 bits per heavy atom. The van der Waals surface area contributed by atoms with Crippen molar-refractivity contribution in [3.63, 3.8) is 0 Å². The van der Waals surface area contributed by atoms with E-state index in [1.807, 2.05) is 20.8 Å². The molecule has 0 unspecified atom stereocenters. The van der Waals surface area contributed by atoms with Gasteiger partial charge in [-0.2, -0.15) is 0 Å². The molecule has 2 aliphatic heterocycles. The summed E-state index contributed by atoms with van der Waals surface area (Å²) in [5, 5.41) is 0. The Morgan fingerprint density at radius 2 is 1.79 bits per heavy atom. The first-order valence-corrected chi connectivity index (χ1v) is 6.85. The Kier molecular flexibility index (Phi) is 3.87. The number of rotatable bonds is 0. The van der Waals surface area contributed by atoms with Crippen LogP contribution in [-0.4, -0.2) is 78.7 Å². The minimum absolute atomic E-state index is 0.214. The monoisotopic (exact) mass is 268 g/mol. The lowest BCUT2D eigenvalue weighted by atomic mass is 10.2. The lowest BCUT2D eigenvalue weighted by Crippen LogP contribution is -2.53. The van der Waals surface area contributed by atoms with Crippen molar-refractivity contribution in [1.29, 1.82) is 0 Å². The van der Waals surface area contributed by atoms with Crippen LogP contribution in [0.5, 0.6) is 0 Å². The number of likely N-dealkylation sites (N-methyl/N-ethyl adjacent to an activating group) is 1. The minimum Gasteiger partial charge on any atom is -0.444 e. The predicted octanol–water partition coefficient (Wildman–Crippen LogP) is 0.841. The summed E-state index contributed by atoms with van der Waals surface area (Å²) >= 11 is 0. The standard InChI is InChI=1S/C13H24N4O2/c1-13(2,3)19-12(18)17-9-7-16(8-10-17)11-14-5-6-15(11)4/h5-10H2,1-4H3. The third-order valence-electron chi connectivity index (χ3n) is 3.24. The average Bonchev–Trinajstić information content (AvgIpc) is 2.73. The molecule has 0 aliphatic carbocycles. The lowest BCUT2D eigenvalue weighted by molar-refractivity contribution is 0.0182. The number of nitrogens with zero attached hydrogens (tertiary/aromatic N) is 4. The second-order valence-corrected chi connectivity index (χ2v) is 6.06. The highest BCUT2D eigenvalue weighted by atomic mass is 16.6. The van der Waals surface area contributed by atoms with Gasteiger partial charge in [-0.05, 0) is 20.8 Å². The van der Waals surface area contributed by atoms with E-state index in [1.165, 1.54) is 0 Å². The van der Waals surface area contributed by atoms with Gasteiger partial charge in [-0.25, -0.2) is 4.79 Å². The van der Waals surface area contributed by atoms with Crippen LogP contribution in [0.1, 0.15) is 20.8 Å². The fourth-order valence-corrected chi connectivity index (χ4v) is 2.28. The summed E-state index contributed by atoms with van der Waals surface area (Å²) in [6.45, 7) is 10.6. The molecule has 0 bridgehead atoms. The first-order valence-electron chi connectivity index (χ1n) is 6.85. The van der Waals surface area contributed by atoms with E-state index in [2.05, 4.69) is 21.8 Å².